The highest BCUT2D eigenvalue weighted by atomic mass is 16.5. The number of ether oxygens (including phenoxy) is 1. The summed E-state index contributed by atoms with van der Waals surface area (Å²) < 4.78 is 6.54. The monoisotopic (exact) mass is 354 g/mol. The van der Waals surface area contributed by atoms with Crippen LogP contribution in [0, 0.1) is 5.92 Å². The fraction of sp³-hybridized carbons (Fsp3) is 0.353. The smallest absolute Gasteiger partial charge is 0.253 e. The molecule has 1 atom stereocenters. The van der Waals surface area contributed by atoms with Crippen molar-refractivity contribution in [2.45, 2.75) is 25.0 Å². The minimum Gasteiger partial charge on any atom is -0.481 e. The standard InChI is InChI=1S/C17H18N6O3/c1-26-15-5-3-10(8-18-15)16(12-6-13(24)7-12)19-17(25)11-2-4-14-20-21-22-23(14)9-11/h2-5,8-9,12-13,16,24H,6-7H2,1H3,(H,19,25). The van der Waals surface area contributed by atoms with E-state index in [2.05, 4.69) is 25.8 Å². The van der Waals surface area contributed by atoms with E-state index in [0.717, 1.165) is 5.56 Å². The molecule has 0 aromatic carbocycles. The Morgan fingerprint density at radius 1 is 1.35 bits per heavy atom. The summed E-state index contributed by atoms with van der Waals surface area (Å²) in [6.07, 6.45) is 4.25. The molecule has 26 heavy (non-hydrogen) atoms. The second kappa shape index (κ2) is 6.68. The summed E-state index contributed by atoms with van der Waals surface area (Å²) in [5.41, 5.74) is 1.90. The zero-order valence-corrected chi connectivity index (χ0v) is 14.1. The van der Waals surface area contributed by atoms with E-state index >= 15 is 0 Å². The first kappa shape index (κ1) is 16.4. The number of tetrazole rings is 1. The van der Waals surface area contributed by atoms with Crippen LogP contribution >= 0.6 is 0 Å². The van der Waals surface area contributed by atoms with Gasteiger partial charge in [-0.25, -0.2) is 4.98 Å². The van der Waals surface area contributed by atoms with E-state index in [-0.39, 0.29) is 24.0 Å². The van der Waals surface area contributed by atoms with Crippen LogP contribution in [0.3, 0.4) is 0 Å². The zero-order chi connectivity index (χ0) is 18.1. The first-order valence-corrected chi connectivity index (χ1v) is 8.30. The number of fused-ring (bicyclic) bond motifs is 1. The van der Waals surface area contributed by atoms with Crippen molar-refractivity contribution in [2.75, 3.05) is 7.11 Å². The Labute approximate surface area is 149 Å². The van der Waals surface area contributed by atoms with E-state index in [1.807, 2.05) is 6.07 Å². The van der Waals surface area contributed by atoms with Crippen LogP contribution in [0.1, 0.15) is 34.8 Å². The molecule has 1 amide bonds. The Morgan fingerprint density at radius 3 is 2.88 bits per heavy atom. The lowest BCUT2D eigenvalue weighted by Crippen LogP contribution is -2.41. The van der Waals surface area contributed by atoms with Crippen LogP contribution in [0.15, 0.2) is 36.7 Å². The van der Waals surface area contributed by atoms with Gasteiger partial charge in [0.25, 0.3) is 5.91 Å². The molecule has 9 nitrogen and oxygen atoms in total. The molecule has 0 radical (unpaired) electrons. The molecule has 3 aromatic heterocycles. The molecule has 134 valence electrons. The molecule has 0 saturated heterocycles. The second-order valence-electron chi connectivity index (χ2n) is 6.37. The fourth-order valence-electron chi connectivity index (χ4n) is 3.17. The highest BCUT2D eigenvalue weighted by Crippen LogP contribution is 2.38. The van der Waals surface area contributed by atoms with Gasteiger partial charge in [-0.3, -0.25) is 4.79 Å². The Balaban J connectivity index is 1.57. The van der Waals surface area contributed by atoms with Gasteiger partial charge in [-0.05, 0) is 46.9 Å². The van der Waals surface area contributed by atoms with Crippen LogP contribution in [0.4, 0.5) is 0 Å². The van der Waals surface area contributed by atoms with E-state index in [9.17, 15) is 9.90 Å². The number of aliphatic hydroxyl groups is 1. The SMILES string of the molecule is COc1ccc(C(NC(=O)c2ccc3nnnn3c2)C2CC(O)C2)cn1. The summed E-state index contributed by atoms with van der Waals surface area (Å²) in [5, 5.41) is 23.9. The fourth-order valence-corrected chi connectivity index (χ4v) is 3.17. The molecule has 0 aliphatic heterocycles. The van der Waals surface area contributed by atoms with Crippen molar-refractivity contribution in [1.29, 1.82) is 0 Å². The summed E-state index contributed by atoms with van der Waals surface area (Å²) in [6, 6.07) is 6.77. The van der Waals surface area contributed by atoms with Gasteiger partial charge >= 0.3 is 0 Å². The van der Waals surface area contributed by atoms with E-state index in [0.29, 0.717) is 29.9 Å². The molecule has 1 unspecified atom stereocenters. The molecule has 1 saturated carbocycles. The maximum absolute atomic E-state index is 12.7. The molecule has 2 N–H and O–H groups in total. The van der Waals surface area contributed by atoms with Crippen molar-refractivity contribution in [1.82, 2.24) is 30.3 Å². The topological polar surface area (TPSA) is 115 Å². The van der Waals surface area contributed by atoms with Crippen molar-refractivity contribution in [3.05, 3.63) is 47.8 Å². The van der Waals surface area contributed by atoms with Crippen molar-refractivity contribution in [2.24, 2.45) is 5.92 Å². The quantitative estimate of drug-likeness (QED) is 0.695. The highest BCUT2D eigenvalue weighted by Gasteiger charge is 2.36. The number of hydrogen-bond donors (Lipinski definition) is 2. The number of amides is 1. The minimum atomic E-state index is -0.316. The van der Waals surface area contributed by atoms with Gasteiger partial charge in [-0.2, -0.15) is 4.52 Å². The number of rotatable bonds is 5. The van der Waals surface area contributed by atoms with Gasteiger partial charge < -0.3 is 15.2 Å². The van der Waals surface area contributed by atoms with Crippen molar-refractivity contribution >= 4 is 11.6 Å². The first-order chi connectivity index (χ1) is 12.6. The van der Waals surface area contributed by atoms with Gasteiger partial charge in [-0.1, -0.05) is 6.07 Å². The van der Waals surface area contributed by atoms with Gasteiger partial charge in [0.2, 0.25) is 5.88 Å². The third kappa shape index (κ3) is 3.08. The van der Waals surface area contributed by atoms with E-state index < -0.39 is 0 Å². The van der Waals surface area contributed by atoms with E-state index in [4.69, 9.17) is 4.74 Å². The Hall–Kier alpha value is -3.07. The largest absolute Gasteiger partial charge is 0.481 e. The maximum atomic E-state index is 12.7. The normalized spacial score (nSPS) is 20.4. The average Bonchev–Trinajstić information content (AvgIpc) is 3.11. The summed E-state index contributed by atoms with van der Waals surface area (Å²) >= 11 is 0. The van der Waals surface area contributed by atoms with Gasteiger partial charge in [-0.15, -0.1) is 5.10 Å². The predicted octanol–water partition coefficient (Wildman–Crippen LogP) is 0.770. The number of carbonyl (C=O) groups excluding carboxylic acids is 1. The molecule has 9 heteroatoms. The van der Waals surface area contributed by atoms with Crippen molar-refractivity contribution < 1.29 is 14.6 Å². The van der Waals surface area contributed by atoms with Crippen LogP contribution in [0.5, 0.6) is 5.88 Å². The molecule has 0 bridgehead atoms. The van der Waals surface area contributed by atoms with E-state index in [1.165, 1.54) is 4.52 Å². The first-order valence-electron chi connectivity index (χ1n) is 8.30. The lowest BCUT2D eigenvalue weighted by Gasteiger charge is -2.38. The van der Waals surface area contributed by atoms with Crippen LogP contribution in [0.2, 0.25) is 0 Å². The highest BCUT2D eigenvalue weighted by molar-refractivity contribution is 5.94. The number of pyridine rings is 2. The van der Waals surface area contributed by atoms with Crippen LogP contribution in [0.25, 0.3) is 5.65 Å². The third-order valence-electron chi connectivity index (χ3n) is 4.69. The number of carbonyl (C=O) groups is 1. The number of methoxy groups -OCH3 is 1. The Morgan fingerprint density at radius 2 is 2.19 bits per heavy atom. The Kier molecular flexibility index (Phi) is 4.21. The number of hydrogen-bond acceptors (Lipinski definition) is 7. The number of aromatic nitrogens is 5. The molecular weight excluding hydrogens is 336 g/mol. The molecule has 1 fully saturated rings. The van der Waals surface area contributed by atoms with Gasteiger partial charge in [0.15, 0.2) is 5.65 Å². The molecule has 3 aromatic rings. The van der Waals surface area contributed by atoms with Gasteiger partial charge in [0.1, 0.15) is 0 Å². The molecule has 4 rings (SSSR count). The van der Waals surface area contributed by atoms with Crippen molar-refractivity contribution in [3.8, 4) is 5.88 Å². The van der Waals surface area contributed by atoms with Gasteiger partial charge in [0, 0.05) is 18.5 Å². The minimum absolute atomic E-state index is 0.154. The number of aliphatic hydroxyl groups excluding tert-OH is 1. The van der Waals surface area contributed by atoms with Crippen LogP contribution in [-0.4, -0.2) is 49.3 Å². The lowest BCUT2D eigenvalue weighted by atomic mass is 9.75. The number of nitrogens with zero attached hydrogens (tertiary/aromatic N) is 5. The molecule has 1 aliphatic carbocycles. The third-order valence-corrected chi connectivity index (χ3v) is 4.69. The van der Waals surface area contributed by atoms with Crippen LogP contribution < -0.4 is 10.1 Å². The predicted molar refractivity (Wildman–Crippen MR) is 90.5 cm³/mol. The summed E-state index contributed by atoms with van der Waals surface area (Å²) in [7, 11) is 1.55. The molecule has 1 aliphatic rings. The number of nitrogens with one attached hydrogen (secondary N) is 1. The second-order valence-corrected chi connectivity index (χ2v) is 6.37. The van der Waals surface area contributed by atoms with E-state index in [1.54, 1.807) is 37.7 Å². The van der Waals surface area contributed by atoms with Crippen LogP contribution in [-0.2, 0) is 0 Å². The molecular formula is C17H18N6O3. The Bertz CT molecular complexity index is 920. The van der Waals surface area contributed by atoms with Crippen molar-refractivity contribution in [3.63, 3.8) is 0 Å². The zero-order valence-electron chi connectivity index (χ0n) is 14.1. The summed E-state index contributed by atoms with van der Waals surface area (Å²) in [5.74, 6) is 0.433. The maximum Gasteiger partial charge on any atom is 0.253 e. The summed E-state index contributed by atoms with van der Waals surface area (Å²) in [4.78, 5) is 17.0. The summed E-state index contributed by atoms with van der Waals surface area (Å²) in [6.45, 7) is 0. The average molecular weight is 354 g/mol. The molecule has 0 spiro atoms. The van der Waals surface area contributed by atoms with Gasteiger partial charge in [0.05, 0.1) is 24.8 Å². The molecule has 3 heterocycles. The lowest BCUT2D eigenvalue weighted by molar-refractivity contribution is 0.0234.